The normalized spacial score (nSPS) is 13.5. The Morgan fingerprint density at radius 1 is 1.18 bits per heavy atom. The molecule has 9 heteroatoms. The SMILES string of the molecule is CCC1=Cc2c(cnn2-c2ccc(F)cc2)C(C(=O)NCc2cccc(S(C)(=O)=O)n2)=CC1. The van der Waals surface area contributed by atoms with E-state index in [4.69, 9.17) is 0 Å². The molecule has 3 aromatic rings. The topological polar surface area (TPSA) is 94.0 Å². The van der Waals surface area contributed by atoms with Crippen molar-refractivity contribution in [3.8, 4) is 5.69 Å². The molecule has 33 heavy (non-hydrogen) atoms. The fraction of sp³-hybridized carbons (Fsp3) is 0.208. The van der Waals surface area contributed by atoms with Crippen LogP contribution in [0.2, 0.25) is 0 Å². The molecule has 0 saturated carbocycles. The second kappa shape index (κ2) is 9.11. The number of rotatable bonds is 6. The molecular weight excluding hydrogens is 443 g/mol. The van der Waals surface area contributed by atoms with Crippen LogP contribution >= 0.6 is 0 Å². The van der Waals surface area contributed by atoms with Crippen LogP contribution in [-0.2, 0) is 21.2 Å². The van der Waals surface area contributed by atoms with Crippen LogP contribution in [0.1, 0.15) is 36.7 Å². The maximum Gasteiger partial charge on any atom is 0.252 e. The molecule has 1 aliphatic rings. The first kappa shape index (κ1) is 22.6. The third kappa shape index (κ3) is 4.93. The molecule has 2 heterocycles. The molecule has 0 fully saturated rings. The lowest BCUT2D eigenvalue weighted by Gasteiger charge is -2.10. The minimum absolute atomic E-state index is 0.0393. The monoisotopic (exact) mass is 466 g/mol. The summed E-state index contributed by atoms with van der Waals surface area (Å²) in [4.78, 5) is 17.2. The van der Waals surface area contributed by atoms with E-state index in [9.17, 15) is 17.6 Å². The Bertz CT molecular complexity index is 1370. The Morgan fingerprint density at radius 3 is 2.64 bits per heavy atom. The maximum absolute atomic E-state index is 13.4. The molecule has 170 valence electrons. The summed E-state index contributed by atoms with van der Waals surface area (Å²) in [6, 6.07) is 10.7. The lowest BCUT2D eigenvalue weighted by molar-refractivity contribution is -0.115. The molecule has 2 aromatic heterocycles. The number of nitrogens with one attached hydrogen (secondary N) is 1. The summed E-state index contributed by atoms with van der Waals surface area (Å²) in [5.41, 5.74) is 4.14. The number of sulfone groups is 1. The van der Waals surface area contributed by atoms with Crippen LogP contribution in [0.4, 0.5) is 4.39 Å². The average molecular weight is 467 g/mol. The van der Waals surface area contributed by atoms with Crippen molar-refractivity contribution >= 4 is 27.4 Å². The zero-order valence-electron chi connectivity index (χ0n) is 18.2. The molecule has 0 radical (unpaired) electrons. The first-order valence-corrected chi connectivity index (χ1v) is 12.3. The van der Waals surface area contributed by atoms with Crippen LogP contribution in [0.3, 0.4) is 0 Å². The Hall–Kier alpha value is -3.59. The number of hydrogen-bond acceptors (Lipinski definition) is 5. The molecule has 1 aromatic carbocycles. The number of aromatic nitrogens is 3. The molecule has 0 bridgehead atoms. The quantitative estimate of drug-likeness (QED) is 0.598. The van der Waals surface area contributed by atoms with E-state index < -0.39 is 9.84 Å². The fourth-order valence-corrected chi connectivity index (χ4v) is 4.19. The Labute approximate surface area is 191 Å². The zero-order chi connectivity index (χ0) is 23.6. The van der Waals surface area contributed by atoms with Crippen LogP contribution in [0.25, 0.3) is 17.3 Å². The third-order valence-corrected chi connectivity index (χ3v) is 6.35. The van der Waals surface area contributed by atoms with Gasteiger partial charge >= 0.3 is 0 Å². The largest absolute Gasteiger partial charge is 0.346 e. The molecule has 0 aliphatic heterocycles. The van der Waals surface area contributed by atoms with Crippen LogP contribution < -0.4 is 5.32 Å². The lowest BCUT2D eigenvalue weighted by Crippen LogP contribution is -2.24. The van der Waals surface area contributed by atoms with Crippen molar-refractivity contribution in [1.29, 1.82) is 0 Å². The molecule has 1 aliphatic carbocycles. The van der Waals surface area contributed by atoms with Gasteiger partial charge in [-0.25, -0.2) is 22.5 Å². The number of nitrogens with zero attached hydrogens (tertiary/aromatic N) is 3. The average Bonchev–Trinajstić information content (AvgIpc) is 3.10. The second-order valence-corrected chi connectivity index (χ2v) is 9.69. The van der Waals surface area contributed by atoms with E-state index in [2.05, 4.69) is 15.4 Å². The number of allylic oxidation sites excluding steroid dienone is 2. The van der Waals surface area contributed by atoms with E-state index in [0.717, 1.165) is 23.9 Å². The van der Waals surface area contributed by atoms with Crippen molar-refractivity contribution in [3.63, 3.8) is 0 Å². The summed E-state index contributed by atoms with van der Waals surface area (Å²) in [5.74, 6) is -0.650. The molecule has 0 atom stereocenters. The zero-order valence-corrected chi connectivity index (χ0v) is 19.1. The number of fused-ring (bicyclic) bond motifs is 1. The van der Waals surface area contributed by atoms with Crippen LogP contribution in [-0.4, -0.2) is 35.3 Å². The summed E-state index contributed by atoms with van der Waals surface area (Å²) in [6.45, 7) is 2.12. The number of benzene rings is 1. The third-order valence-electron chi connectivity index (χ3n) is 5.37. The maximum atomic E-state index is 13.4. The summed E-state index contributed by atoms with van der Waals surface area (Å²) in [6.07, 6.45) is 8.02. The minimum atomic E-state index is -3.44. The minimum Gasteiger partial charge on any atom is -0.346 e. The van der Waals surface area contributed by atoms with Crippen molar-refractivity contribution in [2.45, 2.75) is 31.3 Å². The molecule has 4 rings (SSSR count). The van der Waals surface area contributed by atoms with Gasteiger partial charge in [0.15, 0.2) is 14.9 Å². The van der Waals surface area contributed by atoms with Gasteiger partial charge in [-0.05, 0) is 55.3 Å². The van der Waals surface area contributed by atoms with Gasteiger partial charge in [0.2, 0.25) is 0 Å². The van der Waals surface area contributed by atoms with Gasteiger partial charge in [0.1, 0.15) is 5.82 Å². The van der Waals surface area contributed by atoms with Gasteiger partial charge in [-0.2, -0.15) is 5.10 Å². The highest BCUT2D eigenvalue weighted by Crippen LogP contribution is 2.30. The summed E-state index contributed by atoms with van der Waals surface area (Å²) in [5, 5.41) is 7.24. The predicted molar refractivity (Wildman–Crippen MR) is 124 cm³/mol. The highest BCUT2D eigenvalue weighted by Gasteiger charge is 2.22. The van der Waals surface area contributed by atoms with Crippen LogP contribution in [0.15, 0.2) is 65.3 Å². The van der Waals surface area contributed by atoms with E-state index in [1.165, 1.54) is 18.2 Å². The van der Waals surface area contributed by atoms with Crippen molar-refractivity contribution < 1.29 is 17.6 Å². The summed E-state index contributed by atoms with van der Waals surface area (Å²) < 4.78 is 38.6. The lowest BCUT2D eigenvalue weighted by atomic mass is 10.1. The highest BCUT2D eigenvalue weighted by molar-refractivity contribution is 7.90. The van der Waals surface area contributed by atoms with Gasteiger partial charge < -0.3 is 5.32 Å². The van der Waals surface area contributed by atoms with Gasteiger partial charge in [-0.1, -0.05) is 24.6 Å². The van der Waals surface area contributed by atoms with E-state index >= 15 is 0 Å². The number of pyridine rings is 1. The van der Waals surface area contributed by atoms with Crippen molar-refractivity contribution in [1.82, 2.24) is 20.1 Å². The molecule has 1 amide bonds. The first-order valence-electron chi connectivity index (χ1n) is 10.4. The molecule has 0 spiro atoms. The van der Waals surface area contributed by atoms with E-state index in [1.807, 2.05) is 19.1 Å². The Morgan fingerprint density at radius 2 is 1.94 bits per heavy atom. The molecular formula is C24H23FN4O3S. The predicted octanol–water partition coefficient (Wildman–Crippen LogP) is 3.71. The van der Waals surface area contributed by atoms with Gasteiger partial charge in [0, 0.05) is 17.4 Å². The highest BCUT2D eigenvalue weighted by atomic mass is 32.2. The fourth-order valence-electron chi connectivity index (χ4n) is 3.58. The van der Waals surface area contributed by atoms with Crippen molar-refractivity contribution in [2.24, 2.45) is 0 Å². The van der Waals surface area contributed by atoms with Gasteiger partial charge in [0.05, 0.1) is 29.8 Å². The van der Waals surface area contributed by atoms with Crippen molar-refractivity contribution in [3.05, 3.63) is 83.1 Å². The number of carbonyl (C=O) groups is 1. The summed E-state index contributed by atoms with van der Waals surface area (Å²) in [7, 11) is -3.44. The molecule has 1 N–H and O–H groups in total. The Balaban J connectivity index is 1.63. The number of carbonyl (C=O) groups excluding carboxylic acids is 1. The van der Waals surface area contributed by atoms with Crippen LogP contribution in [0.5, 0.6) is 0 Å². The van der Waals surface area contributed by atoms with E-state index in [-0.39, 0.29) is 23.3 Å². The molecule has 7 nitrogen and oxygen atoms in total. The van der Waals surface area contributed by atoms with Gasteiger partial charge in [-0.3, -0.25) is 4.79 Å². The summed E-state index contributed by atoms with van der Waals surface area (Å²) >= 11 is 0. The van der Waals surface area contributed by atoms with Crippen molar-refractivity contribution in [2.75, 3.05) is 6.26 Å². The standard InChI is InChI=1S/C24H23FN4O3S/c1-3-16-7-12-20(24(30)26-14-18-5-4-6-23(28-18)33(2,31)32)21-15-27-29(22(21)13-16)19-10-8-17(25)9-11-19/h4-6,8-13,15H,3,7,14H2,1-2H3,(H,26,30). The van der Waals surface area contributed by atoms with Crippen LogP contribution in [0, 0.1) is 5.82 Å². The molecule has 0 saturated heterocycles. The number of amides is 1. The number of hydrogen-bond donors (Lipinski definition) is 1. The van der Waals surface area contributed by atoms with Gasteiger partial charge in [0.25, 0.3) is 5.91 Å². The van der Waals surface area contributed by atoms with E-state index in [0.29, 0.717) is 28.9 Å². The second-order valence-electron chi connectivity index (χ2n) is 7.73. The smallest absolute Gasteiger partial charge is 0.252 e. The molecule has 0 unspecified atom stereocenters. The first-order chi connectivity index (χ1) is 15.8. The van der Waals surface area contributed by atoms with Gasteiger partial charge in [-0.15, -0.1) is 0 Å². The Kier molecular flexibility index (Phi) is 6.24. The van der Waals surface area contributed by atoms with E-state index in [1.54, 1.807) is 35.1 Å². The number of halogens is 1.